The van der Waals surface area contributed by atoms with Crippen LogP contribution in [0.25, 0.3) is 11.0 Å². The number of hydrogen-bond acceptors (Lipinski definition) is 4. The second kappa shape index (κ2) is 9.81. The minimum atomic E-state index is -5.08. The Morgan fingerprint density at radius 2 is 1.56 bits per heavy atom. The molecule has 8 nitrogen and oxygen atoms in total. The number of aliphatic carboxylic acids is 1. The average molecular weight is 507 g/mol. The number of H-pyrrole nitrogens is 1. The summed E-state index contributed by atoms with van der Waals surface area (Å²) >= 11 is 0. The van der Waals surface area contributed by atoms with Gasteiger partial charge in [-0.05, 0) is 51.5 Å². The topological polar surface area (TPSA) is 107 Å². The van der Waals surface area contributed by atoms with Crippen LogP contribution in [0.15, 0.2) is 53.3 Å². The average Bonchev–Trinajstić information content (AvgIpc) is 3.06. The number of aromatic nitrogens is 2. The zero-order valence-corrected chi connectivity index (χ0v) is 20.4. The molecular formula is C25H29F3N4O4. The molecule has 1 saturated heterocycles. The summed E-state index contributed by atoms with van der Waals surface area (Å²) in [7, 11) is 0. The fourth-order valence-electron chi connectivity index (χ4n) is 4.55. The molecule has 2 aromatic carbocycles. The van der Waals surface area contributed by atoms with Gasteiger partial charge in [0, 0.05) is 29.7 Å². The Labute approximate surface area is 205 Å². The molecule has 0 spiro atoms. The van der Waals surface area contributed by atoms with Gasteiger partial charge >= 0.3 is 17.8 Å². The number of carboxylic acids is 1. The minimum Gasteiger partial charge on any atom is -0.475 e. The first kappa shape index (κ1) is 27.0. The van der Waals surface area contributed by atoms with Crippen LogP contribution in [0.3, 0.4) is 0 Å². The molecule has 0 atom stereocenters. The molecule has 0 bridgehead atoms. The third-order valence-electron chi connectivity index (χ3n) is 5.58. The molecule has 1 aromatic heterocycles. The van der Waals surface area contributed by atoms with Gasteiger partial charge in [0.15, 0.2) is 0 Å². The van der Waals surface area contributed by atoms with Crippen LogP contribution in [0.4, 0.5) is 13.2 Å². The molecule has 11 heteroatoms. The zero-order chi connectivity index (χ0) is 26.9. The van der Waals surface area contributed by atoms with E-state index in [4.69, 9.17) is 9.90 Å². The highest BCUT2D eigenvalue weighted by molar-refractivity contribution is 5.97. The van der Waals surface area contributed by atoms with Crippen molar-refractivity contribution in [2.45, 2.75) is 51.5 Å². The lowest BCUT2D eigenvalue weighted by atomic mass is 9.91. The number of nitrogens with one attached hydrogen (secondary N) is 2. The van der Waals surface area contributed by atoms with Crippen molar-refractivity contribution in [1.82, 2.24) is 19.8 Å². The van der Waals surface area contributed by atoms with E-state index in [-0.39, 0.29) is 22.7 Å². The van der Waals surface area contributed by atoms with Crippen LogP contribution in [0.2, 0.25) is 0 Å². The molecule has 1 fully saturated rings. The molecule has 194 valence electrons. The van der Waals surface area contributed by atoms with Crippen molar-refractivity contribution in [2.75, 3.05) is 13.1 Å². The summed E-state index contributed by atoms with van der Waals surface area (Å²) in [6, 6.07) is 15.4. The predicted molar refractivity (Wildman–Crippen MR) is 129 cm³/mol. The minimum absolute atomic E-state index is 0.00814. The lowest BCUT2D eigenvalue weighted by molar-refractivity contribution is -0.192. The molecule has 0 radical (unpaired) electrons. The maximum Gasteiger partial charge on any atom is 0.490 e. The zero-order valence-electron chi connectivity index (χ0n) is 20.4. The molecule has 0 unspecified atom stereocenters. The van der Waals surface area contributed by atoms with Crippen LogP contribution in [-0.2, 0) is 11.3 Å². The van der Waals surface area contributed by atoms with E-state index in [1.54, 1.807) is 10.6 Å². The van der Waals surface area contributed by atoms with Gasteiger partial charge < -0.3 is 20.3 Å². The lowest BCUT2D eigenvalue weighted by Gasteiger charge is -2.48. The van der Waals surface area contributed by atoms with Crippen LogP contribution >= 0.6 is 0 Å². The second-order valence-corrected chi connectivity index (χ2v) is 10.1. The highest BCUT2D eigenvalue weighted by Crippen LogP contribution is 2.23. The van der Waals surface area contributed by atoms with Gasteiger partial charge in [0.1, 0.15) is 0 Å². The van der Waals surface area contributed by atoms with E-state index in [1.165, 1.54) is 0 Å². The Bertz CT molecular complexity index is 1290. The van der Waals surface area contributed by atoms with E-state index < -0.39 is 12.1 Å². The second-order valence-electron chi connectivity index (χ2n) is 10.1. The van der Waals surface area contributed by atoms with Crippen LogP contribution in [0.5, 0.6) is 0 Å². The quantitative estimate of drug-likeness (QED) is 0.503. The summed E-state index contributed by atoms with van der Waals surface area (Å²) in [6.45, 7) is 10.2. The Morgan fingerprint density at radius 3 is 2.08 bits per heavy atom. The fourth-order valence-corrected chi connectivity index (χ4v) is 4.55. The van der Waals surface area contributed by atoms with Crippen LogP contribution < -0.4 is 11.0 Å². The molecule has 0 saturated carbocycles. The molecule has 0 aliphatic carbocycles. The van der Waals surface area contributed by atoms with E-state index in [2.05, 4.69) is 38.0 Å². The summed E-state index contributed by atoms with van der Waals surface area (Å²) in [5, 5.41) is 10.7. The first-order chi connectivity index (χ1) is 16.6. The summed E-state index contributed by atoms with van der Waals surface area (Å²) in [4.78, 5) is 39.4. The normalized spacial score (nSPS) is 16.8. The highest BCUT2D eigenvalue weighted by Gasteiger charge is 2.39. The number of alkyl halides is 3. The Kier molecular flexibility index (Phi) is 7.35. The van der Waals surface area contributed by atoms with Crippen molar-refractivity contribution in [3.63, 3.8) is 0 Å². The first-order valence-electron chi connectivity index (χ1n) is 11.2. The summed E-state index contributed by atoms with van der Waals surface area (Å²) in [5.41, 5.74) is 2.66. The van der Waals surface area contributed by atoms with Crippen LogP contribution in [0, 0.1) is 0 Å². The third kappa shape index (κ3) is 6.54. The van der Waals surface area contributed by atoms with Gasteiger partial charge in [-0.15, -0.1) is 0 Å². The molecule has 1 aliphatic rings. The first-order valence-corrected chi connectivity index (χ1v) is 11.2. The predicted octanol–water partition coefficient (Wildman–Crippen LogP) is 3.61. The number of amides is 1. The van der Waals surface area contributed by atoms with Crippen LogP contribution in [0.1, 0.15) is 43.6 Å². The maximum atomic E-state index is 13.2. The molecular weight excluding hydrogens is 477 g/mol. The number of aromatic amines is 1. The molecule has 1 aliphatic heterocycles. The van der Waals surface area contributed by atoms with Crippen molar-refractivity contribution in [1.29, 1.82) is 0 Å². The van der Waals surface area contributed by atoms with Gasteiger partial charge in [-0.1, -0.05) is 30.3 Å². The fraction of sp³-hybridized carbons (Fsp3) is 0.400. The Balaban J connectivity index is 0.000000454. The number of rotatable bonds is 3. The van der Waals surface area contributed by atoms with E-state index in [9.17, 15) is 22.8 Å². The van der Waals surface area contributed by atoms with Crippen molar-refractivity contribution >= 4 is 22.9 Å². The lowest BCUT2D eigenvalue weighted by Crippen LogP contribution is -2.67. The molecule has 2 heterocycles. The number of halogens is 3. The van der Waals surface area contributed by atoms with Gasteiger partial charge in [0.25, 0.3) is 5.91 Å². The number of hydrogen-bond donors (Lipinski definition) is 3. The molecule has 4 rings (SSSR count). The van der Waals surface area contributed by atoms with E-state index in [1.807, 2.05) is 47.4 Å². The van der Waals surface area contributed by atoms with E-state index in [0.717, 1.165) is 11.1 Å². The number of piperazine rings is 1. The summed E-state index contributed by atoms with van der Waals surface area (Å²) in [5.74, 6) is -2.77. The number of benzene rings is 2. The van der Waals surface area contributed by atoms with E-state index >= 15 is 0 Å². The molecule has 36 heavy (non-hydrogen) atoms. The number of fused-ring (bicyclic) bond motifs is 1. The number of imidazole rings is 1. The standard InChI is InChI=1S/C23H28N4O2.C2HF3O2/c1-22(2)14-26(15-23(3,4)25-22)20(28)17-10-11-19-18(12-17)24-21(29)27(19)13-16-8-6-5-7-9-16;3-2(4,5)1(6)7/h5-12,25H,13-15H2,1-4H3,(H,24,29);(H,6,7). The molecule has 3 aromatic rings. The van der Waals surface area contributed by atoms with Crippen molar-refractivity contribution < 1.29 is 27.9 Å². The number of carboxylic acid groups (broad SMARTS) is 1. The van der Waals surface area contributed by atoms with Gasteiger partial charge in [-0.25, -0.2) is 9.59 Å². The van der Waals surface area contributed by atoms with Crippen LogP contribution in [-0.4, -0.2) is 61.8 Å². The summed E-state index contributed by atoms with van der Waals surface area (Å²) in [6.07, 6.45) is -5.08. The van der Waals surface area contributed by atoms with Gasteiger partial charge in [-0.3, -0.25) is 9.36 Å². The molecule has 3 N–H and O–H groups in total. The molecule has 1 amide bonds. The monoisotopic (exact) mass is 506 g/mol. The van der Waals surface area contributed by atoms with Gasteiger partial charge in [-0.2, -0.15) is 13.2 Å². The number of carbonyl (C=O) groups excluding carboxylic acids is 1. The Hall–Kier alpha value is -3.60. The van der Waals surface area contributed by atoms with Gasteiger partial charge in [0.05, 0.1) is 17.6 Å². The van der Waals surface area contributed by atoms with Crippen molar-refractivity contribution in [3.05, 3.63) is 70.1 Å². The largest absolute Gasteiger partial charge is 0.490 e. The van der Waals surface area contributed by atoms with E-state index in [0.29, 0.717) is 30.7 Å². The summed E-state index contributed by atoms with van der Waals surface area (Å²) < 4.78 is 33.4. The van der Waals surface area contributed by atoms with Crippen molar-refractivity contribution in [3.8, 4) is 0 Å². The number of carbonyl (C=O) groups is 2. The SMILES string of the molecule is CC1(C)CN(C(=O)c2ccc3c(c2)[nH]c(=O)n3Cc2ccccc2)CC(C)(C)N1.O=C(O)C(F)(F)F. The smallest absolute Gasteiger partial charge is 0.475 e. The maximum absolute atomic E-state index is 13.2. The number of nitrogens with zero attached hydrogens (tertiary/aromatic N) is 2. The van der Waals surface area contributed by atoms with Gasteiger partial charge in [0.2, 0.25) is 0 Å². The van der Waals surface area contributed by atoms with Crippen molar-refractivity contribution in [2.24, 2.45) is 0 Å². The highest BCUT2D eigenvalue weighted by atomic mass is 19.4. The Morgan fingerprint density at radius 1 is 1.00 bits per heavy atom. The third-order valence-corrected chi connectivity index (χ3v) is 5.58.